The van der Waals surface area contributed by atoms with Crippen LogP contribution < -0.4 is 16.4 Å². The first-order valence-electron chi connectivity index (χ1n) is 10.3. The third-order valence-corrected chi connectivity index (χ3v) is 7.26. The number of nitrogens with one attached hydrogen (secondary N) is 2. The van der Waals surface area contributed by atoms with E-state index in [9.17, 15) is 13.2 Å². The van der Waals surface area contributed by atoms with E-state index in [0.717, 1.165) is 29.7 Å². The summed E-state index contributed by atoms with van der Waals surface area (Å²) in [6.45, 7) is 2.57. The van der Waals surface area contributed by atoms with Gasteiger partial charge in [-0.2, -0.15) is 9.29 Å². The number of nitrogens with two attached hydrogens (primary N) is 1. The number of anilines is 3. The van der Waals surface area contributed by atoms with Crippen LogP contribution in [-0.2, 0) is 10.0 Å². The number of aromatic nitrogens is 2. The van der Waals surface area contributed by atoms with Crippen molar-refractivity contribution in [1.29, 1.82) is 0 Å². The number of primary amides is 1. The van der Waals surface area contributed by atoms with Gasteiger partial charge >= 0.3 is 0 Å². The Hall–Kier alpha value is -2.98. The number of carbonyl (C=O) groups is 1. The molecule has 1 aromatic heterocycles. The molecule has 1 aliphatic heterocycles. The summed E-state index contributed by atoms with van der Waals surface area (Å²) in [6, 6.07) is 8.14. The van der Waals surface area contributed by atoms with E-state index < -0.39 is 15.9 Å². The molecule has 1 fully saturated rings. The lowest BCUT2D eigenvalue weighted by molar-refractivity contribution is 0.100. The van der Waals surface area contributed by atoms with Crippen molar-refractivity contribution in [1.82, 2.24) is 14.3 Å². The lowest BCUT2D eigenvalue weighted by atomic mass is 10.0. The Labute approximate surface area is 181 Å². The quantitative estimate of drug-likeness (QED) is 0.572. The van der Waals surface area contributed by atoms with Crippen LogP contribution in [0.15, 0.2) is 36.5 Å². The summed E-state index contributed by atoms with van der Waals surface area (Å²) >= 11 is 0. The summed E-state index contributed by atoms with van der Waals surface area (Å²) in [5, 5.41) is 6.36. The zero-order valence-electron chi connectivity index (χ0n) is 17.3. The molecule has 0 bridgehead atoms. The normalized spacial score (nSPS) is 17.1. The molecule has 0 spiro atoms. The molecular formula is C21H26N6O3S. The topological polar surface area (TPSA) is 130 Å². The minimum atomic E-state index is -3.15. The zero-order chi connectivity index (χ0) is 22.0. The van der Waals surface area contributed by atoms with Gasteiger partial charge < -0.3 is 16.4 Å². The summed E-state index contributed by atoms with van der Waals surface area (Å²) < 4.78 is 25.5. The lowest BCUT2D eigenvalue weighted by Crippen LogP contribution is -2.35. The predicted octanol–water partition coefficient (Wildman–Crippen LogP) is 2.33. The number of amides is 1. The van der Waals surface area contributed by atoms with Gasteiger partial charge in [0.05, 0.1) is 11.3 Å². The second-order valence-electron chi connectivity index (χ2n) is 7.68. The molecule has 10 heteroatoms. The zero-order valence-corrected chi connectivity index (χ0v) is 18.2. The summed E-state index contributed by atoms with van der Waals surface area (Å²) in [5.74, 6) is 0.378. The monoisotopic (exact) mass is 442 g/mol. The number of sulfonamides is 1. The molecule has 9 nitrogen and oxygen atoms in total. The molecule has 31 heavy (non-hydrogen) atoms. The third kappa shape index (κ3) is 5.02. The molecule has 2 aromatic rings. The Morgan fingerprint density at radius 3 is 2.58 bits per heavy atom. The summed E-state index contributed by atoms with van der Waals surface area (Å²) in [4.78, 5) is 20.2. The van der Waals surface area contributed by atoms with Crippen LogP contribution in [0.1, 0.15) is 42.1 Å². The van der Waals surface area contributed by atoms with Gasteiger partial charge in [0.2, 0.25) is 16.0 Å². The van der Waals surface area contributed by atoms with Crippen molar-refractivity contribution in [3.63, 3.8) is 0 Å². The smallest absolute Gasteiger partial charge is 0.254 e. The third-order valence-electron chi connectivity index (χ3n) is 5.41. The Bertz CT molecular complexity index is 1110. The van der Waals surface area contributed by atoms with Gasteiger partial charge in [0, 0.05) is 31.0 Å². The summed E-state index contributed by atoms with van der Waals surface area (Å²) in [6.07, 6.45) is 6.18. The van der Waals surface area contributed by atoms with Crippen molar-refractivity contribution in [2.24, 2.45) is 5.73 Å². The largest absolute Gasteiger partial charge is 0.367 e. The molecule has 2 heterocycles. The fourth-order valence-corrected chi connectivity index (χ4v) is 4.43. The Morgan fingerprint density at radius 1 is 1.26 bits per heavy atom. The molecule has 1 aliphatic carbocycles. The van der Waals surface area contributed by atoms with Crippen LogP contribution in [0.5, 0.6) is 0 Å². The average Bonchev–Trinajstić information content (AvgIpc) is 3.58. The van der Waals surface area contributed by atoms with Gasteiger partial charge in [-0.15, -0.1) is 0 Å². The summed E-state index contributed by atoms with van der Waals surface area (Å²) in [7, 11) is -3.15. The molecule has 2 aliphatic rings. The maximum Gasteiger partial charge on any atom is 0.254 e. The molecular weight excluding hydrogens is 416 g/mol. The van der Waals surface area contributed by atoms with Crippen LogP contribution in [0.4, 0.5) is 17.5 Å². The van der Waals surface area contributed by atoms with E-state index in [2.05, 4.69) is 20.6 Å². The molecule has 4 N–H and O–H groups in total. The van der Waals surface area contributed by atoms with Gasteiger partial charge in [-0.1, -0.05) is 18.2 Å². The highest BCUT2D eigenvalue weighted by Gasteiger charge is 2.24. The van der Waals surface area contributed by atoms with Gasteiger partial charge in [0.1, 0.15) is 5.82 Å². The first-order valence-corrected chi connectivity index (χ1v) is 11.9. The molecule has 0 atom stereocenters. The minimum absolute atomic E-state index is 0.122. The van der Waals surface area contributed by atoms with Crippen molar-refractivity contribution in [2.75, 3.05) is 29.5 Å². The Balaban J connectivity index is 1.45. The SMILES string of the molecule is CCS(=O)(=O)N1CC=C(c2ccc(Nc3ncc(C(N)=O)c(NC4CC4)n3)cc2)CC1. The number of nitrogens with zero attached hydrogens (tertiary/aromatic N) is 3. The van der Waals surface area contributed by atoms with Crippen LogP contribution in [-0.4, -0.2) is 53.5 Å². The van der Waals surface area contributed by atoms with E-state index in [1.165, 1.54) is 10.5 Å². The van der Waals surface area contributed by atoms with Gasteiger partial charge in [-0.25, -0.2) is 13.4 Å². The minimum Gasteiger partial charge on any atom is -0.367 e. The van der Waals surface area contributed by atoms with Gasteiger partial charge in [0.15, 0.2) is 0 Å². The number of rotatable bonds is 8. The molecule has 0 saturated heterocycles. The van der Waals surface area contributed by atoms with Crippen LogP contribution in [0.2, 0.25) is 0 Å². The number of benzene rings is 1. The van der Waals surface area contributed by atoms with E-state index >= 15 is 0 Å². The van der Waals surface area contributed by atoms with E-state index in [-0.39, 0.29) is 11.3 Å². The van der Waals surface area contributed by atoms with Crippen LogP contribution in [0, 0.1) is 0 Å². The number of carbonyl (C=O) groups excluding carboxylic acids is 1. The summed E-state index contributed by atoms with van der Waals surface area (Å²) in [5.41, 5.74) is 8.69. The van der Waals surface area contributed by atoms with E-state index in [1.807, 2.05) is 30.3 Å². The van der Waals surface area contributed by atoms with Crippen molar-refractivity contribution in [3.8, 4) is 0 Å². The molecule has 1 amide bonds. The first-order chi connectivity index (χ1) is 14.9. The van der Waals surface area contributed by atoms with E-state index in [1.54, 1.807) is 6.92 Å². The Kier molecular flexibility index (Phi) is 5.92. The maximum absolute atomic E-state index is 12.0. The van der Waals surface area contributed by atoms with Gasteiger partial charge in [-0.05, 0) is 49.5 Å². The van der Waals surface area contributed by atoms with E-state index in [0.29, 0.717) is 37.3 Å². The van der Waals surface area contributed by atoms with E-state index in [4.69, 9.17) is 5.73 Å². The van der Waals surface area contributed by atoms with Gasteiger partial charge in [-0.3, -0.25) is 4.79 Å². The molecule has 1 aromatic carbocycles. The average molecular weight is 443 g/mol. The second kappa shape index (κ2) is 8.64. The number of hydrogen-bond acceptors (Lipinski definition) is 7. The molecule has 1 saturated carbocycles. The second-order valence-corrected chi connectivity index (χ2v) is 9.94. The van der Waals surface area contributed by atoms with Gasteiger partial charge in [0.25, 0.3) is 5.91 Å². The molecule has 4 rings (SSSR count). The predicted molar refractivity (Wildman–Crippen MR) is 121 cm³/mol. The highest BCUT2D eigenvalue weighted by molar-refractivity contribution is 7.89. The van der Waals surface area contributed by atoms with Crippen molar-refractivity contribution in [2.45, 2.75) is 32.2 Å². The highest BCUT2D eigenvalue weighted by Crippen LogP contribution is 2.28. The standard InChI is InChI=1S/C21H26N6O3S/c1-2-31(29,30)27-11-9-15(10-12-27)14-3-5-17(6-4-14)25-21-23-13-18(19(22)28)20(26-21)24-16-7-8-16/h3-6,9,13,16H,2,7-8,10-12H2,1H3,(H2,22,28)(H2,23,24,25,26). The van der Waals surface area contributed by atoms with Crippen LogP contribution >= 0.6 is 0 Å². The molecule has 0 radical (unpaired) electrons. The van der Waals surface area contributed by atoms with Crippen molar-refractivity contribution >= 4 is 39.0 Å². The number of hydrogen-bond donors (Lipinski definition) is 3. The highest BCUT2D eigenvalue weighted by atomic mass is 32.2. The fourth-order valence-electron chi connectivity index (χ4n) is 3.40. The maximum atomic E-state index is 12.0. The first kappa shape index (κ1) is 21.3. The lowest BCUT2D eigenvalue weighted by Gasteiger charge is -2.25. The van der Waals surface area contributed by atoms with Crippen molar-refractivity contribution in [3.05, 3.63) is 47.7 Å². The molecule has 0 unspecified atom stereocenters. The fraction of sp³-hybridized carbons (Fsp3) is 0.381. The Morgan fingerprint density at radius 2 is 2.00 bits per heavy atom. The van der Waals surface area contributed by atoms with Crippen LogP contribution in [0.3, 0.4) is 0 Å². The van der Waals surface area contributed by atoms with Crippen molar-refractivity contribution < 1.29 is 13.2 Å². The molecule has 164 valence electrons. The van der Waals surface area contributed by atoms with Crippen LogP contribution in [0.25, 0.3) is 5.57 Å².